The van der Waals surface area contributed by atoms with Gasteiger partial charge in [-0.3, -0.25) is 0 Å². The van der Waals surface area contributed by atoms with Crippen LogP contribution >= 0.6 is 11.6 Å². The van der Waals surface area contributed by atoms with Gasteiger partial charge in [-0.2, -0.15) is 0 Å². The Morgan fingerprint density at radius 3 is 2.34 bits per heavy atom. The van der Waals surface area contributed by atoms with E-state index in [1.165, 1.54) is 12.6 Å². The van der Waals surface area contributed by atoms with Gasteiger partial charge >= 0.3 is 0 Å². The molecule has 146 valence electrons. The van der Waals surface area contributed by atoms with Crippen molar-refractivity contribution < 1.29 is 12.8 Å². The molecular formula is C22H17ClN2O3S. The molecule has 0 unspecified atom stereocenters. The van der Waals surface area contributed by atoms with Crippen LogP contribution in [0.1, 0.15) is 11.1 Å². The van der Waals surface area contributed by atoms with Gasteiger partial charge in [0.1, 0.15) is 0 Å². The van der Waals surface area contributed by atoms with E-state index in [1.54, 1.807) is 12.1 Å². The van der Waals surface area contributed by atoms with Crippen LogP contribution in [0.25, 0.3) is 11.1 Å². The van der Waals surface area contributed by atoms with Crippen molar-refractivity contribution in [2.24, 2.45) is 0 Å². The Morgan fingerprint density at radius 1 is 0.931 bits per heavy atom. The summed E-state index contributed by atoms with van der Waals surface area (Å²) in [4.78, 5) is 3.94. The van der Waals surface area contributed by atoms with Crippen molar-refractivity contribution in [2.45, 2.75) is 11.3 Å². The summed E-state index contributed by atoms with van der Waals surface area (Å²) in [6, 6.07) is 22.4. The first-order valence-corrected chi connectivity index (χ1v) is 10.7. The maximum Gasteiger partial charge on any atom is 0.264 e. The number of rotatable bonds is 6. The van der Waals surface area contributed by atoms with E-state index in [1.807, 2.05) is 60.7 Å². The van der Waals surface area contributed by atoms with Crippen molar-refractivity contribution in [1.29, 1.82) is 0 Å². The Morgan fingerprint density at radius 2 is 1.66 bits per heavy atom. The number of anilines is 1. The topological polar surface area (TPSA) is 72.2 Å². The first kappa shape index (κ1) is 19.2. The molecule has 0 aliphatic heterocycles. The molecule has 0 aliphatic rings. The number of hydrogen-bond donors (Lipinski definition) is 1. The molecule has 1 aromatic heterocycles. The van der Waals surface area contributed by atoms with Crippen LogP contribution in [0, 0.1) is 0 Å². The van der Waals surface area contributed by atoms with Crippen LogP contribution in [-0.4, -0.2) is 13.4 Å². The maximum atomic E-state index is 13.0. The predicted molar refractivity (Wildman–Crippen MR) is 113 cm³/mol. The molecular weight excluding hydrogens is 408 g/mol. The van der Waals surface area contributed by atoms with Crippen LogP contribution in [0.4, 0.5) is 5.88 Å². The monoisotopic (exact) mass is 424 g/mol. The minimum atomic E-state index is -3.84. The van der Waals surface area contributed by atoms with Crippen molar-refractivity contribution >= 4 is 27.5 Å². The third-order valence-electron chi connectivity index (χ3n) is 4.43. The molecule has 0 saturated heterocycles. The molecule has 4 aromatic rings. The summed E-state index contributed by atoms with van der Waals surface area (Å²) in [5, 5.41) is 0.647. The highest BCUT2D eigenvalue weighted by Crippen LogP contribution is 2.29. The van der Waals surface area contributed by atoms with E-state index < -0.39 is 10.0 Å². The molecule has 0 saturated carbocycles. The third kappa shape index (κ3) is 4.50. The van der Waals surface area contributed by atoms with E-state index in [9.17, 15) is 8.42 Å². The minimum Gasteiger partial charge on any atom is -0.427 e. The van der Waals surface area contributed by atoms with E-state index in [-0.39, 0.29) is 10.8 Å². The van der Waals surface area contributed by atoms with Gasteiger partial charge in [0.05, 0.1) is 11.1 Å². The highest BCUT2D eigenvalue weighted by molar-refractivity contribution is 7.92. The zero-order chi connectivity index (χ0) is 20.3. The number of hydrogen-bond acceptors (Lipinski definition) is 4. The summed E-state index contributed by atoms with van der Waals surface area (Å²) in [6.45, 7) is 0. The summed E-state index contributed by atoms with van der Waals surface area (Å²) in [7, 11) is -3.84. The number of nitrogens with zero attached hydrogens (tertiary/aromatic N) is 1. The highest BCUT2D eigenvalue weighted by atomic mass is 35.5. The van der Waals surface area contributed by atoms with Crippen LogP contribution < -0.4 is 4.72 Å². The predicted octanol–water partition coefficient (Wildman–Crippen LogP) is 5.39. The van der Waals surface area contributed by atoms with E-state index in [4.69, 9.17) is 16.0 Å². The number of aromatic nitrogens is 1. The van der Waals surface area contributed by atoms with Crippen molar-refractivity contribution in [1.82, 2.24) is 4.98 Å². The van der Waals surface area contributed by atoms with Crippen molar-refractivity contribution in [3.8, 4) is 11.1 Å². The van der Waals surface area contributed by atoms with E-state index >= 15 is 0 Å². The van der Waals surface area contributed by atoms with Gasteiger partial charge in [-0.1, -0.05) is 60.1 Å². The molecule has 29 heavy (non-hydrogen) atoms. The zero-order valence-corrected chi connectivity index (χ0v) is 16.8. The molecule has 1 N–H and O–H groups in total. The van der Waals surface area contributed by atoms with Crippen LogP contribution in [0.2, 0.25) is 5.02 Å². The smallest absolute Gasteiger partial charge is 0.264 e. The normalized spacial score (nSPS) is 11.3. The molecule has 4 rings (SSSR count). The van der Waals surface area contributed by atoms with Gasteiger partial charge in [-0.05, 0) is 52.9 Å². The largest absolute Gasteiger partial charge is 0.427 e. The van der Waals surface area contributed by atoms with Gasteiger partial charge in [0.25, 0.3) is 10.0 Å². The Balaban J connectivity index is 1.78. The Kier molecular flexibility index (Phi) is 5.38. The van der Waals surface area contributed by atoms with E-state index in [2.05, 4.69) is 9.71 Å². The number of halogens is 1. The lowest BCUT2D eigenvalue weighted by Crippen LogP contribution is -2.15. The standard InChI is InChI=1S/C22H17ClN2O3S/c23-20-9-6-17(7-10-20)18-8-11-21(29(26,27)25-22-14-24-15-28-22)19(13-18)12-16-4-2-1-3-5-16/h1-11,13-15,25H,12H2. The molecule has 0 spiro atoms. The maximum absolute atomic E-state index is 13.0. The molecule has 0 bridgehead atoms. The molecule has 7 heteroatoms. The molecule has 0 fully saturated rings. The number of nitrogens with one attached hydrogen (secondary N) is 1. The summed E-state index contributed by atoms with van der Waals surface area (Å²) in [5.41, 5.74) is 3.55. The lowest BCUT2D eigenvalue weighted by molar-refractivity contribution is 0.568. The second-order valence-corrected chi connectivity index (χ2v) is 8.55. The first-order valence-electron chi connectivity index (χ1n) is 8.85. The minimum absolute atomic E-state index is 0.0671. The fourth-order valence-electron chi connectivity index (χ4n) is 3.07. The van der Waals surface area contributed by atoms with Crippen LogP contribution in [-0.2, 0) is 16.4 Å². The van der Waals surface area contributed by atoms with Crippen molar-refractivity contribution in [3.63, 3.8) is 0 Å². The van der Waals surface area contributed by atoms with Gasteiger partial charge in [-0.25, -0.2) is 18.1 Å². The summed E-state index contributed by atoms with van der Waals surface area (Å²) in [6.07, 6.45) is 2.96. The van der Waals surface area contributed by atoms with Crippen LogP contribution in [0.15, 0.2) is 94.7 Å². The SMILES string of the molecule is O=S(=O)(Nc1cnco1)c1ccc(-c2ccc(Cl)cc2)cc1Cc1ccccc1. The fraction of sp³-hybridized carbons (Fsp3) is 0.0455. The van der Waals surface area contributed by atoms with Gasteiger partial charge in [0.2, 0.25) is 5.88 Å². The summed E-state index contributed by atoms with van der Waals surface area (Å²) >= 11 is 5.99. The lowest BCUT2D eigenvalue weighted by atomic mass is 9.99. The Labute approximate surface area is 174 Å². The molecule has 0 atom stereocenters. The van der Waals surface area contributed by atoms with Crippen LogP contribution in [0.3, 0.4) is 0 Å². The molecule has 3 aromatic carbocycles. The summed E-state index contributed by atoms with van der Waals surface area (Å²) in [5.74, 6) is 0.0671. The number of oxazole rings is 1. The van der Waals surface area contributed by atoms with Crippen molar-refractivity contribution in [3.05, 3.63) is 102 Å². The van der Waals surface area contributed by atoms with Gasteiger partial charge in [-0.15, -0.1) is 0 Å². The van der Waals surface area contributed by atoms with Gasteiger partial charge in [0, 0.05) is 5.02 Å². The quantitative estimate of drug-likeness (QED) is 0.450. The van der Waals surface area contributed by atoms with Gasteiger partial charge in [0.15, 0.2) is 6.39 Å². The van der Waals surface area contributed by atoms with E-state index in [0.717, 1.165) is 16.7 Å². The molecule has 0 amide bonds. The zero-order valence-electron chi connectivity index (χ0n) is 15.2. The summed E-state index contributed by atoms with van der Waals surface area (Å²) < 4.78 is 33.4. The third-order valence-corrected chi connectivity index (χ3v) is 6.13. The molecule has 1 heterocycles. The Bertz CT molecular complexity index is 1210. The second-order valence-electron chi connectivity index (χ2n) is 6.46. The lowest BCUT2D eigenvalue weighted by Gasteiger charge is -2.13. The number of sulfonamides is 1. The highest BCUT2D eigenvalue weighted by Gasteiger charge is 2.21. The molecule has 5 nitrogen and oxygen atoms in total. The molecule has 0 radical (unpaired) electrons. The van der Waals surface area contributed by atoms with Gasteiger partial charge < -0.3 is 4.42 Å². The second kappa shape index (κ2) is 8.11. The number of benzene rings is 3. The van der Waals surface area contributed by atoms with E-state index in [0.29, 0.717) is 17.0 Å². The average molecular weight is 425 g/mol. The first-order chi connectivity index (χ1) is 14.0. The van der Waals surface area contributed by atoms with Crippen LogP contribution in [0.5, 0.6) is 0 Å². The van der Waals surface area contributed by atoms with Crippen molar-refractivity contribution in [2.75, 3.05) is 4.72 Å². The fourth-order valence-corrected chi connectivity index (χ4v) is 4.40. The molecule has 0 aliphatic carbocycles. The average Bonchev–Trinajstić information content (AvgIpc) is 3.21. The Hall–Kier alpha value is -3.09.